The van der Waals surface area contributed by atoms with Gasteiger partial charge < -0.3 is 15.8 Å². The summed E-state index contributed by atoms with van der Waals surface area (Å²) in [6.07, 6.45) is 3.52. The summed E-state index contributed by atoms with van der Waals surface area (Å²) < 4.78 is 21.0. The van der Waals surface area contributed by atoms with Gasteiger partial charge in [-0.1, -0.05) is 0 Å². The van der Waals surface area contributed by atoms with Gasteiger partial charge in [0.2, 0.25) is 5.91 Å². The molecule has 0 bridgehead atoms. The number of tetrazole rings is 1. The number of hydrogen-bond acceptors (Lipinski definition) is 6. The van der Waals surface area contributed by atoms with Gasteiger partial charge in [0.25, 0.3) is 0 Å². The molecule has 1 saturated carbocycles. The third-order valence-corrected chi connectivity index (χ3v) is 4.95. The van der Waals surface area contributed by atoms with Crippen molar-refractivity contribution in [2.45, 2.75) is 37.6 Å². The Hall–Kier alpha value is -2.39. The molecule has 1 atom stereocenters. The summed E-state index contributed by atoms with van der Waals surface area (Å²) in [5.74, 6) is 0.264. The summed E-state index contributed by atoms with van der Waals surface area (Å²) >= 11 is 0. The number of benzene rings is 1. The molecule has 138 valence electrons. The Morgan fingerprint density at radius 1 is 1.31 bits per heavy atom. The number of halogens is 1. The number of anilines is 1. The van der Waals surface area contributed by atoms with Gasteiger partial charge in [-0.2, -0.15) is 4.68 Å². The monoisotopic (exact) mass is 360 g/mol. The number of nitrogens with one attached hydrogen (secondary N) is 1. The van der Waals surface area contributed by atoms with Crippen LogP contribution < -0.4 is 11.1 Å². The van der Waals surface area contributed by atoms with Crippen molar-refractivity contribution in [3.05, 3.63) is 29.8 Å². The van der Waals surface area contributed by atoms with Crippen LogP contribution in [0, 0.1) is 11.7 Å². The summed E-state index contributed by atoms with van der Waals surface area (Å²) in [6, 6.07) is 3.71. The minimum absolute atomic E-state index is 0.0876. The first-order valence-corrected chi connectivity index (χ1v) is 8.86. The Bertz CT molecular complexity index is 800. The maximum absolute atomic E-state index is 14.3. The molecule has 2 heterocycles. The van der Waals surface area contributed by atoms with E-state index in [1.165, 1.54) is 22.9 Å². The molecule has 2 fully saturated rings. The fraction of sp³-hybridized carbons (Fsp3) is 0.529. The third kappa shape index (κ3) is 3.45. The van der Waals surface area contributed by atoms with Gasteiger partial charge >= 0.3 is 0 Å². The number of nitrogens with zero attached hydrogens (tertiary/aromatic N) is 4. The molecule has 1 aliphatic heterocycles. The average molecular weight is 360 g/mol. The Morgan fingerprint density at radius 2 is 2.08 bits per heavy atom. The zero-order valence-corrected chi connectivity index (χ0v) is 14.3. The first-order valence-electron chi connectivity index (χ1n) is 8.86. The first kappa shape index (κ1) is 17.0. The quantitative estimate of drug-likeness (QED) is 0.834. The molecular formula is C17H21FN6O2. The molecule has 1 aliphatic carbocycles. The molecule has 0 spiro atoms. The van der Waals surface area contributed by atoms with Crippen molar-refractivity contribution in [1.29, 1.82) is 0 Å². The number of hydrogen-bond donors (Lipinski definition) is 2. The van der Waals surface area contributed by atoms with Crippen LogP contribution in [0.5, 0.6) is 0 Å². The van der Waals surface area contributed by atoms with E-state index in [1.54, 1.807) is 0 Å². The van der Waals surface area contributed by atoms with Gasteiger partial charge in [0, 0.05) is 24.8 Å². The summed E-state index contributed by atoms with van der Waals surface area (Å²) in [5.41, 5.74) is 6.78. The van der Waals surface area contributed by atoms with Crippen LogP contribution in [-0.4, -0.2) is 45.4 Å². The molecule has 2 aliphatic rings. The minimum Gasteiger partial charge on any atom is -0.381 e. The van der Waals surface area contributed by atoms with Crippen LogP contribution in [0.15, 0.2) is 18.2 Å². The lowest BCUT2D eigenvalue weighted by Gasteiger charge is -2.26. The van der Waals surface area contributed by atoms with Crippen molar-refractivity contribution in [2.24, 2.45) is 11.7 Å². The summed E-state index contributed by atoms with van der Waals surface area (Å²) in [6.45, 7) is 1.24. The summed E-state index contributed by atoms with van der Waals surface area (Å²) in [7, 11) is 0. The fourth-order valence-electron chi connectivity index (χ4n) is 3.23. The van der Waals surface area contributed by atoms with Crippen molar-refractivity contribution in [3.63, 3.8) is 0 Å². The second-order valence-electron chi connectivity index (χ2n) is 6.85. The Morgan fingerprint density at radius 3 is 2.81 bits per heavy atom. The van der Waals surface area contributed by atoms with Gasteiger partial charge in [-0.05, 0) is 60.2 Å². The number of amides is 1. The third-order valence-electron chi connectivity index (χ3n) is 4.95. The SMILES string of the molecule is NC(C(=O)Nc1ccc(F)c(-n2nnnc2C2CC2)c1)C1CCOCC1. The number of rotatable bonds is 5. The molecule has 1 aromatic carbocycles. The molecule has 1 unspecified atom stereocenters. The van der Waals surface area contributed by atoms with Crippen molar-refractivity contribution >= 4 is 11.6 Å². The Labute approximate surface area is 149 Å². The Balaban J connectivity index is 1.52. The van der Waals surface area contributed by atoms with Crippen LogP contribution in [0.3, 0.4) is 0 Å². The topological polar surface area (TPSA) is 108 Å². The predicted octanol–water partition coefficient (Wildman–Crippen LogP) is 1.37. The van der Waals surface area contributed by atoms with Gasteiger partial charge in [-0.25, -0.2) is 4.39 Å². The average Bonchev–Trinajstić information content (AvgIpc) is 3.40. The zero-order valence-electron chi connectivity index (χ0n) is 14.3. The second-order valence-corrected chi connectivity index (χ2v) is 6.85. The lowest BCUT2D eigenvalue weighted by atomic mass is 9.92. The number of nitrogens with two attached hydrogens (primary N) is 1. The van der Waals surface area contributed by atoms with E-state index >= 15 is 0 Å². The zero-order chi connectivity index (χ0) is 18.1. The summed E-state index contributed by atoms with van der Waals surface area (Å²) in [5, 5.41) is 14.3. The molecule has 8 nitrogen and oxygen atoms in total. The van der Waals surface area contributed by atoms with Crippen LogP contribution in [0.25, 0.3) is 5.69 Å². The lowest BCUT2D eigenvalue weighted by Crippen LogP contribution is -2.44. The smallest absolute Gasteiger partial charge is 0.241 e. The highest BCUT2D eigenvalue weighted by atomic mass is 19.1. The Kier molecular flexibility index (Phi) is 4.64. The highest BCUT2D eigenvalue weighted by Gasteiger charge is 2.31. The molecule has 1 saturated heterocycles. The highest BCUT2D eigenvalue weighted by molar-refractivity contribution is 5.95. The van der Waals surface area contributed by atoms with Crippen molar-refractivity contribution in [3.8, 4) is 5.69 Å². The standard InChI is InChI=1S/C17H21FN6O2/c18-13-4-3-12(20-17(25)15(19)10-5-7-26-8-6-10)9-14(13)24-16(11-1-2-11)21-22-23-24/h3-4,9-11,15H,1-2,5-8,19H2,(H,20,25). The predicted molar refractivity (Wildman–Crippen MR) is 91.2 cm³/mol. The maximum atomic E-state index is 14.3. The highest BCUT2D eigenvalue weighted by Crippen LogP contribution is 2.39. The van der Waals surface area contributed by atoms with Crippen LogP contribution in [0.2, 0.25) is 0 Å². The van der Waals surface area contributed by atoms with Crippen molar-refractivity contribution in [2.75, 3.05) is 18.5 Å². The van der Waals surface area contributed by atoms with E-state index in [-0.39, 0.29) is 23.4 Å². The van der Waals surface area contributed by atoms with E-state index < -0.39 is 11.9 Å². The molecule has 1 aromatic heterocycles. The lowest BCUT2D eigenvalue weighted by molar-refractivity contribution is -0.119. The fourth-order valence-corrected chi connectivity index (χ4v) is 3.23. The minimum atomic E-state index is -0.623. The number of carbonyl (C=O) groups is 1. The van der Waals surface area contributed by atoms with E-state index in [1.807, 2.05) is 0 Å². The van der Waals surface area contributed by atoms with Crippen molar-refractivity contribution < 1.29 is 13.9 Å². The summed E-state index contributed by atoms with van der Waals surface area (Å²) in [4.78, 5) is 12.5. The van der Waals surface area contributed by atoms with Crippen LogP contribution in [0.4, 0.5) is 10.1 Å². The number of aromatic nitrogens is 4. The van der Waals surface area contributed by atoms with Gasteiger partial charge in [0.05, 0.1) is 6.04 Å². The molecule has 1 amide bonds. The van der Waals surface area contributed by atoms with Gasteiger partial charge in [-0.3, -0.25) is 4.79 Å². The molecule has 0 radical (unpaired) electrons. The maximum Gasteiger partial charge on any atom is 0.241 e. The van der Waals surface area contributed by atoms with E-state index in [4.69, 9.17) is 10.5 Å². The normalized spacial score (nSPS) is 19.3. The number of carbonyl (C=O) groups excluding carboxylic acids is 1. The first-order chi connectivity index (χ1) is 12.6. The largest absolute Gasteiger partial charge is 0.381 e. The molecule has 9 heteroatoms. The van der Waals surface area contributed by atoms with Crippen molar-refractivity contribution in [1.82, 2.24) is 20.2 Å². The van der Waals surface area contributed by atoms with Gasteiger partial charge in [0.15, 0.2) is 5.82 Å². The number of ether oxygens (including phenoxy) is 1. The van der Waals surface area contributed by atoms with E-state index in [0.717, 1.165) is 25.7 Å². The van der Waals surface area contributed by atoms with Gasteiger partial charge in [-0.15, -0.1) is 5.10 Å². The molecular weight excluding hydrogens is 339 g/mol. The van der Waals surface area contributed by atoms with Gasteiger partial charge in [0.1, 0.15) is 11.5 Å². The molecule has 2 aromatic rings. The van der Waals surface area contributed by atoms with E-state index in [0.29, 0.717) is 24.7 Å². The molecule has 4 rings (SSSR count). The molecule has 3 N–H and O–H groups in total. The van der Waals surface area contributed by atoms with Crippen LogP contribution in [-0.2, 0) is 9.53 Å². The van der Waals surface area contributed by atoms with Crippen LogP contribution >= 0.6 is 0 Å². The van der Waals surface area contributed by atoms with E-state index in [9.17, 15) is 9.18 Å². The van der Waals surface area contributed by atoms with Crippen LogP contribution in [0.1, 0.15) is 37.4 Å². The second kappa shape index (κ2) is 7.08. The molecule has 26 heavy (non-hydrogen) atoms. The van der Waals surface area contributed by atoms with E-state index in [2.05, 4.69) is 20.8 Å².